The van der Waals surface area contributed by atoms with Gasteiger partial charge in [0, 0.05) is 12.5 Å². The Hall–Kier alpha value is -2.85. The number of nitrogens with zero attached hydrogens (tertiary/aromatic N) is 5. The number of aromatic nitrogens is 5. The largest absolute Gasteiger partial charge is 0.384 e. The zero-order chi connectivity index (χ0) is 20.0. The first-order chi connectivity index (χ1) is 12.5. The minimum Gasteiger partial charge on any atom is -0.384 e. The highest BCUT2D eigenvalue weighted by atomic mass is 32.2. The fraction of sp³-hybridized carbons (Fsp3) is 0.294. The van der Waals surface area contributed by atoms with Crippen molar-refractivity contribution in [2.75, 3.05) is 6.26 Å². The zero-order valence-corrected chi connectivity index (χ0v) is 15.9. The lowest BCUT2D eigenvalue weighted by Crippen LogP contribution is -2.23. The third-order valence-corrected chi connectivity index (χ3v) is 4.73. The quantitative estimate of drug-likeness (QED) is 0.506. The van der Waals surface area contributed by atoms with E-state index in [-0.39, 0.29) is 17.6 Å². The van der Waals surface area contributed by atoms with Crippen LogP contribution in [-0.4, -0.2) is 44.1 Å². The van der Waals surface area contributed by atoms with E-state index in [0.29, 0.717) is 11.5 Å². The molecule has 0 aromatic carbocycles. The number of hydrogen-bond acceptors (Lipinski definition) is 7. The van der Waals surface area contributed by atoms with Gasteiger partial charge in [0.1, 0.15) is 11.0 Å². The van der Waals surface area contributed by atoms with Gasteiger partial charge in [-0.25, -0.2) is 27.7 Å². The average molecular weight is 389 g/mol. The number of fused-ring (bicyclic) bond motifs is 1. The van der Waals surface area contributed by atoms with Crippen molar-refractivity contribution < 1.29 is 13.5 Å². The highest BCUT2D eigenvalue weighted by molar-refractivity contribution is 7.90. The lowest BCUT2D eigenvalue weighted by Gasteiger charge is -2.18. The van der Waals surface area contributed by atoms with E-state index in [0.717, 1.165) is 6.26 Å². The molecule has 0 spiro atoms. The van der Waals surface area contributed by atoms with E-state index in [1.165, 1.54) is 21.6 Å². The zero-order valence-electron chi connectivity index (χ0n) is 15.1. The van der Waals surface area contributed by atoms with E-state index < -0.39 is 26.2 Å². The molecule has 0 bridgehead atoms. The second kappa shape index (κ2) is 6.39. The first-order valence-electron chi connectivity index (χ1n) is 8.04. The fourth-order valence-corrected chi connectivity index (χ4v) is 3.09. The maximum absolute atomic E-state index is 12.7. The smallest absolute Gasteiger partial charge is 0.278 e. The Morgan fingerprint density at radius 3 is 2.59 bits per heavy atom. The summed E-state index contributed by atoms with van der Waals surface area (Å²) in [4.78, 5) is 25.0. The van der Waals surface area contributed by atoms with Crippen LogP contribution in [0.4, 0.5) is 0 Å². The summed E-state index contributed by atoms with van der Waals surface area (Å²) in [6, 6.07) is 4.97. The van der Waals surface area contributed by atoms with Crippen LogP contribution >= 0.6 is 0 Å². The molecule has 1 N–H and O–H groups in total. The number of aliphatic hydroxyl groups is 1. The molecule has 0 saturated heterocycles. The molecule has 0 atom stereocenters. The van der Waals surface area contributed by atoms with Gasteiger partial charge >= 0.3 is 0 Å². The number of pyridine rings is 1. The van der Waals surface area contributed by atoms with Crippen LogP contribution in [-0.2, 0) is 22.0 Å². The van der Waals surface area contributed by atoms with Gasteiger partial charge in [0.15, 0.2) is 11.5 Å². The molecule has 0 aliphatic heterocycles. The van der Waals surface area contributed by atoms with E-state index in [2.05, 4.69) is 21.5 Å². The molecule has 0 fully saturated rings. The van der Waals surface area contributed by atoms with Gasteiger partial charge in [-0.1, -0.05) is 12.1 Å². The second-order valence-electron chi connectivity index (χ2n) is 6.59. The maximum Gasteiger partial charge on any atom is 0.278 e. The summed E-state index contributed by atoms with van der Waals surface area (Å²) >= 11 is 0. The molecule has 142 valence electrons. The SMILES string of the molecule is C=CCn1c(=O)c2cnc(S(C)(=O)=O)nc2n1-c1cccc(C(C)(C)O)n1. The van der Waals surface area contributed by atoms with Crippen molar-refractivity contribution in [1.82, 2.24) is 24.3 Å². The van der Waals surface area contributed by atoms with Crippen LogP contribution in [0.3, 0.4) is 0 Å². The van der Waals surface area contributed by atoms with Gasteiger partial charge in [0.2, 0.25) is 15.0 Å². The highest BCUT2D eigenvalue weighted by Gasteiger charge is 2.22. The Morgan fingerprint density at radius 2 is 2.00 bits per heavy atom. The van der Waals surface area contributed by atoms with E-state index in [9.17, 15) is 18.3 Å². The normalized spacial score (nSPS) is 12.4. The van der Waals surface area contributed by atoms with Crippen molar-refractivity contribution >= 4 is 20.9 Å². The summed E-state index contributed by atoms with van der Waals surface area (Å²) in [6.07, 6.45) is 3.71. The summed E-state index contributed by atoms with van der Waals surface area (Å²) in [5, 5.41) is 10.0. The minimum absolute atomic E-state index is 0.109. The number of sulfone groups is 1. The maximum atomic E-state index is 12.7. The van der Waals surface area contributed by atoms with Crippen molar-refractivity contribution in [3.05, 3.63) is 53.1 Å². The second-order valence-corrected chi connectivity index (χ2v) is 8.50. The molecule has 9 nitrogen and oxygen atoms in total. The predicted molar refractivity (Wildman–Crippen MR) is 99.5 cm³/mol. The third-order valence-electron chi connectivity index (χ3n) is 3.87. The van der Waals surface area contributed by atoms with Crippen LogP contribution in [0.5, 0.6) is 0 Å². The molecular weight excluding hydrogens is 370 g/mol. The lowest BCUT2D eigenvalue weighted by molar-refractivity contribution is 0.0738. The summed E-state index contributed by atoms with van der Waals surface area (Å²) in [5.41, 5.74) is -1.11. The molecule has 0 aliphatic carbocycles. The van der Waals surface area contributed by atoms with Crippen molar-refractivity contribution in [1.29, 1.82) is 0 Å². The van der Waals surface area contributed by atoms with Crippen LogP contribution in [0.15, 0.2) is 47.0 Å². The molecule has 0 amide bonds. The Kier molecular flexibility index (Phi) is 4.48. The number of rotatable bonds is 5. The van der Waals surface area contributed by atoms with E-state index in [1.54, 1.807) is 32.0 Å². The first-order valence-corrected chi connectivity index (χ1v) is 9.93. The minimum atomic E-state index is -3.67. The van der Waals surface area contributed by atoms with Gasteiger partial charge < -0.3 is 5.11 Å². The highest BCUT2D eigenvalue weighted by Crippen LogP contribution is 2.21. The Morgan fingerprint density at radius 1 is 1.30 bits per heavy atom. The average Bonchev–Trinajstić information content (AvgIpc) is 2.86. The Balaban J connectivity index is 2.41. The van der Waals surface area contributed by atoms with Crippen LogP contribution in [0, 0.1) is 0 Å². The van der Waals surface area contributed by atoms with Gasteiger partial charge in [0.05, 0.1) is 12.2 Å². The van der Waals surface area contributed by atoms with Crippen LogP contribution in [0.1, 0.15) is 19.5 Å². The Labute approximate surface area is 155 Å². The Bertz CT molecular complexity index is 1200. The van der Waals surface area contributed by atoms with Crippen molar-refractivity contribution in [2.45, 2.75) is 31.1 Å². The molecule has 3 rings (SSSR count). The monoisotopic (exact) mass is 389 g/mol. The van der Waals surface area contributed by atoms with E-state index in [4.69, 9.17) is 0 Å². The molecule has 0 unspecified atom stereocenters. The van der Waals surface area contributed by atoms with Gasteiger partial charge in [0.25, 0.3) is 5.56 Å². The van der Waals surface area contributed by atoms with Crippen molar-refractivity contribution in [2.24, 2.45) is 0 Å². The standard InChI is InChI=1S/C17H19N5O4S/c1-5-9-21-15(23)11-10-18-16(27(4,25)26)20-14(11)22(21)13-8-6-7-12(19-13)17(2,3)24/h5-8,10,24H,1,9H2,2-4H3. The molecular formula is C17H19N5O4S. The molecule has 3 aromatic rings. The van der Waals surface area contributed by atoms with Crippen molar-refractivity contribution in [3.8, 4) is 5.82 Å². The molecule has 3 heterocycles. The van der Waals surface area contributed by atoms with Gasteiger partial charge in [-0.3, -0.25) is 4.79 Å². The van der Waals surface area contributed by atoms with Crippen molar-refractivity contribution in [3.63, 3.8) is 0 Å². The van der Waals surface area contributed by atoms with Crippen LogP contribution < -0.4 is 5.56 Å². The van der Waals surface area contributed by atoms with Gasteiger partial charge in [-0.2, -0.15) is 4.98 Å². The summed E-state index contributed by atoms with van der Waals surface area (Å²) in [7, 11) is -3.67. The number of allylic oxidation sites excluding steroid dienone is 1. The third kappa shape index (κ3) is 3.40. The molecule has 10 heteroatoms. The predicted octanol–water partition coefficient (Wildman–Crippen LogP) is 0.794. The van der Waals surface area contributed by atoms with Gasteiger partial charge in [-0.05, 0) is 26.0 Å². The molecule has 3 aromatic heterocycles. The van der Waals surface area contributed by atoms with Gasteiger partial charge in [-0.15, -0.1) is 6.58 Å². The molecule has 0 aliphatic rings. The molecule has 27 heavy (non-hydrogen) atoms. The van der Waals surface area contributed by atoms with Crippen LogP contribution in [0.25, 0.3) is 16.9 Å². The van der Waals surface area contributed by atoms with E-state index in [1.807, 2.05) is 0 Å². The summed E-state index contributed by atoms with van der Waals surface area (Å²) in [6.45, 7) is 6.98. The fourth-order valence-electron chi connectivity index (χ4n) is 2.59. The lowest BCUT2D eigenvalue weighted by atomic mass is 10.1. The first kappa shape index (κ1) is 18.9. The molecule has 0 saturated carbocycles. The topological polar surface area (TPSA) is 120 Å². The van der Waals surface area contributed by atoms with E-state index >= 15 is 0 Å². The van der Waals surface area contributed by atoms with Crippen LogP contribution in [0.2, 0.25) is 0 Å². The summed E-state index contributed by atoms with van der Waals surface area (Å²) in [5.74, 6) is 0.307. The number of hydrogen-bond donors (Lipinski definition) is 1. The summed E-state index contributed by atoms with van der Waals surface area (Å²) < 4.78 is 26.4. The molecule has 0 radical (unpaired) electrons.